The quantitative estimate of drug-likeness (QED) is 0.638. The van der Waals surface area contributed by atoms with E-state index in [9.17, 15) is 4.79 Å². The molecule has 16 heavy (non-hydrogen) atoms. The number of nitrogens with zero attached hydrogens (tertiary/aromatic N) is 2. The molecule has 2 rings (SSSR count). The maximum atomic E-state index is 11.5. The van der Waals surface area contributed by atoms with Gasteiger partial charge in [0.05, 0.1) is 13.2 Å². The zero-order valence-corrected chi connectivity index (χ0v) is 9.69. The predicted molar refractivity (Wildman–Crippen MR) is 61.1 cm³/mol. The third kappa shape index (κ3) is 2.93. The van der Waals surface area contributed by atoms with Crippen molar-refractivity contribution in [3.8, 4) is 0 Å². The van der Waals surface area contributed by atoms with Crippen LogP contribution in [0, 0.1) is 0 Å². The second-order valence-corrected chi connectivity index (χ2v) is 4.64. The van der Waals surface area contributed by atoms with Crippen LogP contribution in [0.2, 0.25) is 0 Å². The number of aliphatic hydroxyl groups is 1. The molecule has 1 unspecified atom stereocenters. The highest BCUT2D eigenvalue weighted by Crippen LogP contribution is 2.20. The van der Waals surface area contributed by atoms with Gasteiger partial charge >= 0.3 is 0 Å². The van der Waals surface area contributed by atoms with Crippen molar-refractivity contribution in [1.29, 1.82) is 0 Å². The summed E-state index contributed by atoms with van der Waals surface area (Å²) in [6.07, 6.45) is 2.57. The Kier molecular flexibility index (Phi) is 4.15. The Hall–Kier alpha value is -0.650. The first-order chi connectivity index (χ1) is 7.79. The van der Waals surface area contributed by atoms with Crippen LogP contribution in [0.25, 0.3) is 0 Å². The molecule has 92 valence electrons. The molecular formula is C11H21N3O2. The number of hydrogen-bond donors (Lipinski definition) is 2. The number of amides is 1. The Morgan fingerprint density at radius 2 is 2.25 bits per heavy atom. The fourth-order valence-electron chi connectivity index (χ4n) is 2.65. The minimum absolute atomic E-state index is 0.0160. The number of hydrogen-bond acceptors (Lipinski definition) is 4. The topological polar surface area (TPSA) is 55.8 Å². The zero-order chi connectivity index (χ0) is 11.4. The summed E-state index contributed by atoms with van der Waals surface area (Å²) in [4.78, 5) is 16.2. The van der Waals surface area contributed by atoms with E-state index in [4.69, 9.17) is 5.11 Å². The van der Waals surface area contributed by atoms with E-state index in [2.05, 4.69) is 15.1 Å². The molecule has 5 nitrogen and oxygen atoms in total. The Morgan fingerprint density at radius 1 is 1.38 bits per heavy atom. The van der Waals surface area contributed by atoms with Crippen molar-refractivity contribution >= 4 is 5.91 Å². The van der Waals surface area contributed by atoms with E-state index in [0.29, 0.717) is 19.1 Å². The highest BCUT2D eigenvalue weighted by Gasteiger charge is 2.30. The van der Waals surface area contributed by atoms with Gasteiger partial charge in [0.1, 0.15) is 0 Å². The molecule has 0 aromatic rings. The van der Waals surface area contributed by atoms with Crippen LogP contribution >= 0.6 is 0 Å². The lowest BCUT2D eigenvalue weighted by molar-refractivity contribution is -0.123. The summed E-state index contributed by atoms with van der Waals surface area (Å²) in [5, 5.41) is 11.3. The lowest BCUT2D eigenvalue weighted by Crippen LogP contribution is -2.52. The van der Waals surface area contributed by atoms with Gasteiger partial charge in [0.2, 0.25) is 5.91 Å². The minimum Gasteiger partial charge on any atom is -0.395 e. The highest BCUT2D eigenvalue weighted by molar-refractivity contribution is 5.78. The summed E-state index contributed by atoms with van der Waals surface area (Å²) < 4.78 is 0. The molecule has 2 aliphatic heterocycles. The van der Waals surface area contributed by atoms with Gasteiger partial charge in [-0.05, 0) is 19.4 Å². The SMILES string of the molecule is O=C(CN1CCN2CCCC2C1)NCCO. The number of carbonyl (C=O) groups excluding carboxylic acids is 1. The number of fused-ring (bicyclic) bond motifs is 1. The van der Waals surface area contributed by atoms with Crippen molar-refractivity contribution < 1.29 is 9.90 Å². The summed E-state index contributed by atoms with van der Waals surface area (Å²) in [5.74, 6) is 0.0282. The van der Waals surface area contributed by atoms with Gasteiger partial charge in [0.25, 0.3) is 0 Å². The summed E-state index contributed by atoms with van der Waals surface area (Å²) in [6.45, 7) is 5.19. The van der Waals surface area contributed by atoms with Crippen LogP contribution in [0.4, 0.5) is 0 Å². The normalized spacial score (nSPS) is 26.7. The summed E-state index contributed by atoms with van der Waals surface area (Å²) in [7, 11) is 0. The Morgan fingerprint density at radius 3 is 3.06 bits per heavy atom. The van der Waals surface area contributed by atoms with Crippen LogP contribution in [0.5, 0.6) is 0 Å². The molecule has 0 aromatic heterocycles. The van der Waals surface area contributed by atoms with E-state index in [1.165, 1.54) is 19.4 Å². The van der Waals surface area contributed by atoms with Gasteiger partial charge in [-0.3, -0.25) is 14.6 Å². The first kappa shape index (κ1) is 11.8. The van der Waals surface area contributed by atoms with Gasteiger partial charge in [-0.25, -0.2) is 0 Å². The monoisotopic (exact) mass is 227 g/mol. The van der Waals surface area contributed by atoms with Crippen molar-refractivity contribution in [2.75, 3.05) is 45.9 Å². The van der Waals surface area contributed by atoms with Gasteiger partial charge in [0, 0.05) is 32.2 Å². The average Bonchev–Trinajstić information content (AvgIpc) is 2.73. The van der Waals surface area contributed by atoms with Crippen molar-refractivity contribution in [2.45, 2.75) is 18.9 Å². The first-order valence-electron chi connectivity index (χ1n) is 6.13. The molecule has 1 atom stereocenters. The number of rotatable bonds is 4. The van der Waals surface area contributed by atoms with Crippen LogP contribution in [0.15, 0.2) is 0 Å². The Labute approximate surface area is 96.4 Å². The van der Waals surface area contributed by atoms with Crippen molar-refractivity contribution in [3.05, 3.63) is 0 Å². The predicted octanol–water partition coefficient (Wildman–Crippen LogP) is -1.13. The first-order valence-corrected chi connectivity index (χ1v) is 6.13. The summed E-state index contributed by atoms with van der Waals surface area (Å²) >= 11 is 0. The lowest BCUT2D eigenvalue weighted by Gasteiger charge is -2.37. The van der Waals surface area contributed by atoms with Crippen molar-refractivity contribution in [3.63, 3.8) is 0 Å². The molecule has 0 aliphatic carbocycles. The largest absolute Gasteiger partial charge is 0.395 e. The molecule has 2 heterocycles. The van der Waals surface area contributed by atoms with Gasteiger partial charge in [-0.2, -0.15) is 0 Å². The van der Waals surface area contributed by atoms with Crippen LogP contribution in [0.3, 0.4) is 0 Å². The van der Waals surface area contributed by atoms with Crippen LogP contribution < -0.4 is 5.32 Å². The van der Waals surface area contributed by atoms with E-state index >= 15 is 0 Å². The molecule has 0 bridgehead atoms. The second-order valence-electron chi connectivity index (χ2n) is 4.64. The van der Waals surface area contributed by atoms with E-state index in [1.54, 1.807) is 0 Å². The average molecular weight is 227 g/mol. The third-order valence-electron chi connectivity index (χ3n) is 3.47. The fraction of sp³-hybridized carbons (Fsp3) is 0.909. The second kappa shape index (κ2) is 5.61. The summed E-state index contributed by atoms with van der Waals surface area (Å²) in [5.41, 5.74) is 0. The van der Waals surface area contributed by atoms with E-state index < -0.39 is 0 Å². The number of piperazine rings is 1. The zero-order valence-electron chi connectivity index (χ0n) is 9.69. The molecular weight excluding hydrogens is 206 g/mol. The third-order valence-corrected chi connectivity index (χ3v) is 3.47. The maximum Gasteiger partial charge on any atom is 0.234 e. The number of aliphatic hydroxyl groups excluding tert-OH is 1. The molecule has 0 radical (unpaired) electrons. The molecule has 0 spiro atoms. The Bertz CT molecular complexity index is 247. The standard InChI is InChI=1S/C11H21N3O2/c15-7-3-12-11(16)9-13-5-6-14-4-1-2-10(14)8-13/h10,15H,1-9H2,(H,12,16). The number of nitrogens with one attached hydrogen (secondary N) is 1. The molecule has 0 aromatic carbocycles. The van der Waals surface area contributed by atoms with E-state index in [-0.39, 0.29) is 12.5 Å². The smallest absolute Gasteiger partial charge is 0.234 e. The van der Waals surface area contributed by atoms with Gasteiger partial charge in [-0.15, -0.1) is 0 Å². The molecule has 2 aliphatic rings. The van der Waals surface area contributed by atoms with Gasteiger partial charge < -0.3 is 10.4 Å². The van der Waals surface area contributed by atoms with Crippen molar-refractivity contribution in [2.24, 2.45) is 0 Å². The Balaban J connectivity index is 1.72. The van der Waals surface area contributed by atoms with Gasteiger partial charge in [-0.1, -0.05) is 0 Å². The summed E-state index contributed by atoms with van der Waals surface area (Å²) in [6, 6.07) is 0.666. The van der Waals surface area contributed by atoms with E-state index in [1.807, 2.05) is 0 Å². The maximum absolute atomic E-state index is 11.5. The van der Waals surface area contributed by atoms with Crippen LogP contribution in [-0.4, -0.2) is 72.7 Å². The van der Waals surface area contributed by atoms with Crippen LogP contribution in [-0.2, 0) is 4.79 Å². The minimum atomic E-state index is 0.0160. The molecule has 0 saturated carbocycles. The molecule has 5 heteroatoms. The van der Waals surface area contributed by atoms with E-state index in [0.717, 1.165) is 19.6 Å². The van der Waals surface area contributed by atoms with Gasteiger partial charge in [0.15, 0.2) is 0 Å². The molecule has 1 amide bonds. The lowest BCUT2D eigenvalue weighted by atomic mass is 10.1. The fourth-order valence-corrected chi connectivity index (χ4v) is 2.65. The van der Waals surface area contributed by atoms with Crippen LogP contribution in [0.1, 0.15) is 12.8 Å². The highest BCUT2D eigenvalue weighted by atomic mass is 16.3. The number of carbonyl (C=O) groups is 1. The molecule has 2 N–H and O–H groups in total. The van der Waals surface area contributed by atoms with Crippen molar-refractivity contribution in [1.82, 2.24) is 15.1 Å². The molecule has 2 saturated heterocycles. The molecule has 2 fully saturated rings.